The molecule has 1 aliphatic heterocycles. The Morgan fingerprint density at radius 2 is 2.27 bits per heavy atom. The Balaban J connectivity index is 1.64. The van der Waals surface area contributed by atoms with Crippen LogP contribution in [0.5, 0.6) is 0 Å². The Bertz CT molecular complexity index is 871. The summed E-state index contributed by atoms with van der Waals surface area (Å²) >= 11 is 1.62. The molecule has 22 heavy (non-hydrogen) atoms. The first kappa shape index (κ1) is 13.7. The van der Waals surface area contributed by atoms with Crippen LogP contribution in [0.25, 0.3) is 10.9 Å². The van der Waals surface area contributed by atoms with Gasteiger partial charge in [-0.1, -0.05) is 0 Å². The van der Waals surface area contributed by atoms with Crippen LogP contribution in [0, 0.1) is 0 Å². The molecule has 0 radical (unpaired) electrons. The molecule has 4 heterocycles. The normalized spacial score (nSPS) is 18.3. The lowest BCUT2D eigenvalue weighted by Crippen LogP contribution is -2.21. The molecular weight excluding hydrogens is 298 g/mol. The van der Waals surface area contributed by atoms with Gasteiger partial charge in [0.25, 0.3) is 5.56 Å². The number of hydrogen-bond donors (Lipinski definition) is 0. The second-order valence-corrected chi connectivity index (χ2v) is 6.55. The number of hydrogen-bond acceptors (Lipinski definition) is 4. The van der Waals surface area contributed by atoms with Gasteiger partial charge in [-0.3, -0.25) is 4.79 Å². The van der Waals surface area contributed by atoms with E-state index in [0.29, 0.717) is 6.54 Å². The van der Waals surface area contributed by atoms with Crippen molar-refractivity contribution in [3.05, 3.63) is 51.0 Å². The lowest BCUT2D eigenvalue weighted by molar-refractivity contribution is 0.111. The predicted molar refractivity (Wildman–Crippen MR) is 86.3 cm³/mol. The van der Waals surface area contributed by atoms with Gasteiger partial charge in [0.05, 0.1) is 12.2 Å². The molecule has 0 N–H and O–H groups in total. The monoisotopic (exact) mass is 315 g/mol. The third-order valence-electron chi connectivity index (χ3n) is 4.11. The Morgan fingerprint density at radius 1 is 1.41 bits per heavy atom. The third kappa shape index (κ3) is 2.28. The van der Waals surface area contributed by atoms with E-state index in [4.69, 9.17) is 4.74 Å². The van der Waals surface area contributed by atoms with E-state index in [-0.39, 0.29) is 11.7 Å². The number of thiazole rings is 1. The molecule has 4 rings (SSSR count). The number of rotatable bonds is 3. The predicted octanol–water partition coefficient (Wildman–Crippen LogP) is 2.70. The summed E-state index contributed by atoms with van der Waals surface area (Å²) in [5.74, 6) is 0. The Kier molecular flexibility index (Phi) is 3.35. The van der Waals surface area contributed by atoms with E-state index in [1.165, 1.54) is 0 Å². The van der Waals surface area contributed by atoms with Crippen molar-refractivity contribution in [1.29, 1.82) is 0 Å². The molecule has 1 saturated heterocycles. The second-order valence-electron chi connectivity index (χ2n) is 5.66. The largest absolute Gasteiger partial charge is 0.371 e. The van der Waals surface area contributed by atoms with Crippen LogP contribution in [0.15, 0.2) is 34.7 Å². The summed E-state index contributed by atoms with van der Waals surface area (Å²) in [5, 5.41) is 4.03. The number of nitrogens with zero attached hydrogens (tertiary/aromatic N) is 3. The highest BCUT2D eigenvalue weighted by atomic mass is 32.1. The van der Waals surface area contributed by atoms with E-state index in [9.17, 15) is 4.79 Å². The van der Waals surface area contributed by atoms with Crippen molar-refractivity contribution in [2.45, 2.75) is 25.5 Å². The van der Waals surface area contributed by atoms with Crippen molar-refractivity contribution in [2.75, 3.05) is 6.61 Å². The molecule has 0 amide bonds. The summed E-state index contributed by atoms with van der Waals surface area (Å²) in [4.78, 5) is 17.2. The Morgan fingerprint density at radius 3 is 3.09 bits per heavy atom. The van der Waals surface area contributed by atoms with Crippen molar-refractivity contribution >= 4 is 22.2 Å². The summed E-state index contributed by atoms with van der Waals surface area (Å²) in [6.07, 6.45) is 6.04. The smallest absolute Gasteiger partial charge is 0.275 e. The van der Waals surface area contributed by atoms with Gasteiger partial charge in [0.2, 0.25) is 0 Å². The highest BCUT2D eigenvalue weighted by Gasteiger charge is 2.21. The summed E-state index contributed by atoms with van der Waals surface area (Å²) in [5.41, 5.74) is 1.68. The molecule has 5 nitrogen and oxygen atoms in total. The molecule has 3 aromatic heterocycles. The minimum atomic E-state index is 0.0247. The van der Waals surface area contributed by atoms with Crippen LogP contribution in [0.3, 0.4) is 0 Å². The number of pyridine rings is 1. The Hall–Kier alpha value is -1.92. The van der Waals surface area contributed by atoms with Gasteiger partial charge in [0, 0.05) is 36.8 Å². The second kappa shape index (κ2) is 5.37. The highest BCUT2D eigenvalue weighted by Crippen LogP contribution is 2.30. The summed E-state index contributed by atoms with van der Waals surface area (Å²) in [6, 6.07) is 3.93. The molecule has 114 valence electrons. The highest BCUT2D eigenvalue weighted by molar-refractivity contribution is 7.09. The van der Waals surface area contributed by atoms with Crippen LogP contribution >= 0.6 is 11.3 Å². The quantitative estimate of drug-likeness (QED) is 0.746. The van der Waals surface area contributed by atoms with Crippen LogP contribution in [-0.2, 0) is 18.3 Å². The van der Waals surface area contributed by atoms with Crippen molar-refractivity contribution < 1.29 is 4.74 Å². The van der Waals surface area contributed by atoms with Crippen LogP contribution < -0.4 is 5.56 Å². The van der Waals surface area contributed by atoms with E-state index in [1.54, 1.807) is 15.9 Å². The van der Waals surface area contributed by atoms with Crippen molar-refractivity contribution in [1.82, 2.24) is 14.1 Å². The molecule has 1 unspecified atom stereocenters. The van der Waals surface area contributed by atoms with Gasteiger partial charge in [0.15, 0.2) is 0 Å². The van der Waals surface area contributed by atoms with Crippen LogP contribution in [0.4, 0.5) is 0 Å². The van der Waals surface area contributed by atoms with Crippen LogP contribution in [0.1, 0.15) is 29.6 Å². The zero-order chi connectivity index (χ0) is 15.1. The van der Waals surface area contributed by atoms with Crippen molar-refractivity contribution in [3.63, 3.8) is 0 Å². The molecule has 1 aliphatic rings. The van der Waals surface area contributed by atoms with Crippen molar-refractivity contribution in [2.24, 2.45) is 7.05 Å². The van der Waals surface area contributed by atoms with Crippen molar-refractivity contribution in [3.8, 4) is 0 Å². The van der Waals surface area contributed by atoms with Gasteiger partial charge in [-0.25, -0.2) is 4.98 Å². The molecular formula is C16H17N3O2S. The zero-order valence-corrected chi connectivity index (χ0v) is 13.2. The maximum absolute atomic E-state index is 12.6. The van der Waals surface area contributed by atoms with Gasteiger partial charge >= 0.3 is 0 Å². The summed E-state index contributed by atoms with van der Waals surface area (Å²) < 4.78 is 9.25. The van der Waals surface area contributed by atoms with Crippen LogP contribution in [0.2, 0.25) is 0 Å². The first-order chi connectivity index (χ1) is 10.7. The van der Waals surface area contributed by atoms with Gasteiger partial charge in [-0.15, -0.1) is 11.3 Å². The fourth-order valence-electron chi connectivity index (χ4n) is 2.95. The number of fused-ring (bicyclic) bond motifs is 1. The minimum absolute atomic E-state index is 0.0247. The molecule has 1 atom stereocenters. The number of aryl methyl sites for hydroxylation is 1. The lowest BCUT2D eigenvalue weighted by Gasteiger charge is -2.06. The fraction of sp³-hybridized carbons (Fsp3) is 0.375. The van der Waals surface area contributed by atoms with E-state index >= 15 is 0 Å². The van der Waals surface area contributed by atoms with E-state index in [0.717, 1.165) is 41.1 Å². The Labute approximate surface area is 131 Å². The van der Waals surface area contributed by atoms with E-state index in [1.807, 2.05) is 41.5 Å². The maximum Gasteiger partial charge on any atom is 0.275 e. The molecule has 1 fully saturated rings. The lowest BCUT2D eigenvalue weighted by atomic mass is 10.2. The first-order valence-electron chi connectivity index (χ1n) is 7.43. The number of ether oxygens (including phenoxy) is 1. The van der Waals surface area contributed by atoms with Gasteiger partial charge in [-0.2, -0.15) is 0 Å². The molecule has 3 aromatic rings. The minimum Gasteiger partial charge on any atom is -0.371 e. The first-order valence-corrected chi connectivity index (χ1v) is 8.31. The molecule has 0 bridgehead atoms. The summed E-state index contributed by atoms with van der Waals surface area (Å²) in [6.45, 7) is 1.33. The third-order valence-corrected chi connectivity index (χ3v) is 5.09. The molecule has 6 heteroatoms. The van der Waals surface area contributed by atoms with Gasteiger partial charge in [0.1, 0.15) is 16.6 Å². The number of aromatic nitrogens is 3. The summed E-state index contributed by atoms with van der Waals surface area (Å²) in [7, 11) is 1.90. The maximum atomic E-state index is 12.6. The SMILES string of the molecule is Cn1ccc2ccn(Cc3csc(C4CCCO4)n3)c(=O)c21. The molecule has 0 saturated carbocycles. The fourth-order valence-corrected chi connectivity index (χ4v) is 3.84. The average molecular weight is 315 g/mol. The van der Waals surface area contributed by atoms with Gasteiger partial charge in [-0.05, 0) is 25.0 Å². The zero-order valence-electron chi connectivity index (χ0n) is 12.4. The molecule has 0 aliphatic carbocycles. The van der Waals surface area contributed by atoms with Crippen LogP contribution in [-0.4, -0.2) is 20.7 Å². The van der Waals surface area contributed by atoms with E-state index in [2.05, 4.69) is 4.98 Å². The molecule has 0 spiro atoms. The topological polar surface area (TPSA) is 49.0 Å². The van der Waals surface area contributed by atoms with Gasteiger partial charge < -0.3 is 13.9 Å². The molecule has 0 aromatic carbocycles. The standard InChI is InChI=1S/C16H17N3O2S/c1-18-6-4-11-5-7-19(16(20)14(11)18)9-12-10-22-15(17-12)13-3-2-8-21-13/h4-7,10,13H,2-3,8-9H2,1H3. The average Bonchev–Trinajstić information content (AvgIpc) is 3.23. The van der Waals surface area contributed by atoms with E-state index < -0.39 is 0 Å².